The molecule has 3 nitrogen and oxygen atoms in total. The Balaban J connectivity index is 1.87. The Labute approximate surface area is 146 Å². The normalized spacial score (nSPS) is 20.2. The highest BCUT2D eigenvalue weighted by Crippen LogP contribution is 2.41. The maximum Gasteiger partial charge on any atom is 0.525 e. The van der Waals surface area contributed by atoms with Crippen molar-refractivity contribution in [1.82, 2.24) is 4.98 Å². The van der Waals surface area contributed by atoms with Gasteiger partial charge in [0.2, 0.25) is 0 Å². The van der Waals surface area contributed by atoms with Crippen LogP contribution < -0.4 is 0 Å². The molecule has 0 bridgehead atoms. The Morgan fingerprint density at radius 3 is 2.38 bits per heavy atom. The third-order valence-corrected chi connectivity index (χ3v) is 5.99. The average Bonchev–Trinajstić information content (AvgIpc) is 3.10. The summed E-state index contributed by atoms with van der Waals surface area (Å²) in [6.07, 6.45) is 3.54. The molecule has 0 radical (unpaired) electrons. The van der Waals surface area contributed by atoms with Crippen molar-refractivity contribution in [3.8, 4) is 10.4 Å². The zero-order chi connectivity index (χ0) is 17.5. The number of aromatic nitrogens is 1. The van der Waals surface area contributed by atoms with Gasteiger partial charge in [0.25, 0.3) is 0 Å². The number of pyridine rings is 1. The predicted octanol–water partition coefficient (Wildman–Crippen LogP) is 5.14. The number of allylic oxidation sites excluding steroid dienone is 1. The minimum atomic E-state index is -0.959. The minimum Gasteiger partial charge on any atom is -0.398 e. The summed E-state index contributed by atoms with van der Waals surface area (Å²) in [5.74, 6) is 0. The molecule has 3 heterocycles. The fraction of sp³-hybridized carbons (Fsp3) is 0.389. The minimum absolute atomic E-state index is 0.367. The number of hydrogen-bond acceptors (Lipinski definition) is 4. The Kier molecular flexibility index (Phi) is 4.40. The summed E-state index contributed by atoms with van der Waals surface area (Å²) in [4.78, 5) is 6.04. The van der Waals surface area contributed by atoms with E-state index in [-0.39, 0.29) is 5.73 Å². The summed E-state index contributed by atoms with van der Waals surface area (Å²) in [5.41, 5.74) is 0.108. The summed E-state index contributed by atoms with van der Waals surface area (Å²) in [7, 11) is -0.959. The molecular weight excluding hydrogens is 324 g/mol. The number of hydrogen-bond donors (Lipinski definition) is 0. The average molecular weight is 345 g/mol. The van der Waals surface area contributed by atoms with Crippen molar-refractivity contribution in [2.45, 2.75) is 45.8 Å². The Morgan fingerprint density at radius 2 is 1.79 bits per heavy atom. The molecule has 0 spiro atoms. The van der Waals surface area contributed by atoms with Gasteiger partial charge in [-0.3, -0.25) is 4.98 Å². The zero-order valence-corrected chi connectivity index (χ0v) is 15.4. The molecule has 1 fully saturated rings. The lowest BCUT2D eigenvalue weighted by Gasteiger charge is -2.32. The van der Waals surface area contributed by atoms with E-state index in [0.29, 0.717) is 5.57 Å². The molecule has 1 aliphatic rings. The first-order chi connectivity index (χ1) is 11.2. The molecule has 1 saturated heterocycles. The van der Waals surface area contributed by atoms with Crippen LogP contribution in [0.4, 0.5) is 4.39 Å². The van der Waals surface area contributed by atoms with Crippen molar-refractivity contribution in [2.75, 3.05) is 0 Å². The summed E-state index contributed by atoms with van der Waals surface area (Å²) < 4.78 is 26.5. The van der Waals surface area contributed by atoms with Crippen LogP contribution in [0.25, 0.3) is 16.0 Å². The third kappa shape index (κ3) is 3.06. The second-order valence-corrected chi connectivity index (χ2v) is 8.05. The molecule has 0 unspecified atom stereocenters. The van der Waals surface area contributed by atoms with E-state index in [1.54, 1.807) is 19.3 Å². The van der Waals surface area contributed by atoms with Crippen molar-refractivity contribution in [3.05, 3.63) is 47.3 Å². The lowest BCUT2D eigenvalue weighted by Crippen LogP contribution is -2.41. The van der Waals surface area contributed by atoms with Crippen molar-refractivity contribution < 1.29 is 13.7 Å². The van der Waals surface area contributed by atoms with E-state index in [4.69, 9.17) is 9.31 Å². The first-order valence-electron chi connectivity index (χ1n) is 7.94. The molecule has 2 aromatic rings. The van der Waals surface area contributed by atoms with Gasteiger partial charge in [-0.1, -0.05) is 6.07 Å². The molecule has 6 heteroatoms. The van der Waals surface area contributed by atoms with E-state index >= 15 is 0 Å². The van der Waals surface area contributed by atoms with Gasteiger partial charge < -0.3 is 9.31 Å². The number of thiophene rings is 1. The Bertz CT molecular complexity index is 754. The van der Waals surface area contributed by atoms with Gasteiger partial charge in [-0.25, -0.2) is 4.39 Å². The smallest absolute Gasteiger partial charge is 0.398 e. The van der Waals surface area contributed by atoms with Gasteiger partial charge >= 0.3 is 7.12 Å². The van der Waals surface area contributed by atoms with Crippen LogP contribution in [0.1, 0.15) is 39.5 Å². The lowest BCUT2D eigenvalue weighted by molar-refractivity contribution is 0.00578. The maximum atomic E-state index is 14.9. The van der Waals surface area contributed by atoms with Gasteiger partial charge in [0.15, 0.2) is 0 Å². The maximum absolute atomic E-state index is 14.9. The third-order valence-electron chi connectivity index (χ3n) is 4.74. The molecule has 1 aliphatic heterocycles. The van der Waals surface area contributed by atoms with E-state index in [1.165, 1.54) is 11.3 Å². The molecule has 0 aromatic carbocycles. The summed E-state index contributed by atoms with van der Waals surface area (Å²) in [6, 6.07) is 7.79. The van der Waals surface area contributed by atoms with Crippen LogP contribution in [0, 0.1) is 0 Å². The van der Waals surface area contributed by atoms with Crippen LogP contribution >= 0.6 is 11.3 Å². The largest absolute Gasteiger partial charge is 0.525 e. The van der Waals surface area contributed by atoms with E-state index in [9.17, 15) is 4.39 Å². The van der Waals surface area contributed by atoms with Crippen molar-refractivity contribution in [3.63, 3.8) is 0 Å². The molecule has 0 saturated carbocycles. The highest BCUT2D eigenvalue weighted by molar-refractivity contribution is 7.16. The number of nitrogens with zero attached hydrogens (tertiary/aromatic N) is 1. The quantitative estimate of drug-likeness (QED) is 0.722. The molecular formula is C18H21BFNO2S. The van der Waals surface area contributed by atoms with Crippen molar-refractivity contribution in [2.24, 2.45) is 0 Å². The first-order valence-corrected chi connectivity index (χ1v) is 8.75. The second-order valence-electron chi connectivity index (χ2n) is 6.97. The highest BCUT2D eigenvalue weighted by Gasteiger charge is 2.53. The standard InChI is InChI=1S/C18H21BFNO2S/c1-12(16(20)19-22-17(2,3)18(4,5)23-19)14-8-9-15(24-14)13-7-6-10-21-11-13/h6-11H,1-5H3. The highest BCUT2D eigenvalue weighted by atomic mass is 32.1. The number of halogens is 1. The monoisotopic (exact) mass is 345 g/mol. The lowest BCUT2D eigenvalue weighted by atomic mass is 9.84. The van der Waals surface area contributed by atoms with E-state index in [1.807, 2.05) is 52.0 Å². The summed E-state index contributed by atoms with van der Waals surface area (Å²) in [5, 5.41) is 0. The van der Waals surface area contributed by atoms with Gasteiger partial charge in [0.05, 0.1) is 11.2 Å². The van der Waals surface area contributed by atoms with Crippen LogP contribution in [0.3, 0.4) is 0 Å². The first kappa shape index (κ1) is 17.3. The van der Waals surface area contributed by atoms with Crippen LogP contribution in [0.15, 0.2) is 42.4 Å². The summed E-state index contributed by atoms with van der Waals surface area (Å²) >= 11 is 1.53. The van der Waals surface area contributed by atoms with Crippen molar-refractivity contribution >= 4 is 24.0 Å². The van der Waals surface area contributed by atoms with Gasteiger partial charge in [-0.15, -0.1) is 11.3 Å². The van der Waals surface area contributed by atoms with Crippen molar-refractivity contribution in [1.29, 1.82) is 0 Å². The molecule has 0 aliphatic carbocycles. The SMILES string of the molecule is CC(=C(F)B1OC(C)(C)C(C)(C)O1)c1ccc(-c2cccnc2)s1. The van der Waals surface area contributed by atoms with Gasteiger partial charge in [-0.05, 0) is 58.4 Å². The summed E-state index contributed by atoms with van der Waals surface area (Å²) in [6.45, 7) is 9.43. The van der Waals surface area contributed by atoms with Gasteiger partial charge in [0.1, 0.15) is 5.73 Å². The topological polar surface area (TPSA) is 31.4 Å². The van der Waals surface area contributed by atoms with Gasteiger partial charge in [-0.2, -0.15) is 0 Å². The fourth-order valence-corrected chi connectivity index (χ4v) is 3.44. The zero-order valence-electron chi connectivity index (χ0n) is 14.6. The van der Waals surface area contributed by atoms with E-state index in [0.717, 1.165) is 15.3 Å². The molecule has 0 atom stereocenters. The molecule has 24 heavy (non-hydrogen) atoms. The van der Waals surface area contributed by atoms with Crippen LogP contribution in [0.5, 0.6) is 0 Å². The molecule has 3 rings (SSSR count). The molecule has 0 N–H and O–H groups in total. The van der Waals surface area contributed by atoms with E-state index < -0.39 is 18.3 Å². The van der Waals surface area contributed by atoms with Crippen LogP contribution in [0.2, 0.25) is 0 Å². The fourth-order valence-electron chi connectivity index (χ4n) is 2.44. The Morgan fingerprint density at radius 1 is 1.12 bits per heavy atom. The second kappa shape index (κ2) is 6.10. The van der Waals surface area contributed by atoms with E-state index in [2.05, 4.69) is 4.98 Å². The van der Waals surface area contributed by atoms with Crippen LogP contribution in [-0.4, -0.2) is 23.3 Å². The van der Waals surface area contributed by atoms with Gasteiger partial charge in [0, 0.05) is 27.7 Å². The molecule has 126 valence electrons. The molecule has 2 aromatic heterocycles. The molecule has 0 amide bonds. The Hall–Kier alpha value is -1.50. The predicted molar refractivity (Wildman–Crippen MR) is 97.3 cm³/mol. The van der Waals surface area contributed by atoms with Crippen LogP contribution in [-0.2, 0) is 9.31 Å². The number of rotatable bonds is 3.